The fourth-order valence-corrected chi connectivity index (χ4v) is 4.60. The molecule has 1 amide bonds. The molecule has 3 saturated heterocycles. The topological polar surface area (TPSA) is 44.8 Å². The van der Waals surface area contributed by atoms with Gasteiger partial charge in [0.15, 0.2) is 0 Å². The highest BCUT2D eigenvalue weighted by atomic mass is 35.5. The molecule has 0 aromatic heterocycles. The lowest BCUT2D eigenvalue weighted by Gasteiger charge is -2.38. The molecule has 3 aliphatic heterocycles. The van der Waals surface area contributed by atoms with Crippen LogP contribution in [-0.4, -0.2) is 73.7 Å². The minimum absolute atomic E-state index is 0. The van der Waals surface area contributed by atoms with Crippen LogP contribution in [0.1, 0.15) is 46.0 Å². The Morgan fingerprint density at radius 1 is 1.04 bits per heavy atom. The zero-order chi connectivity index (χ0) is 16.9. The van der Waals surface area contributed by atoms with E-state index in [-0.39, 0.29) is 18.3 Å². The number of ether oxygens (including phenoxy) is 1. The van der Waals surface area contributed by atoms with Gasteiger partial charge >= 0.3 is 0 Å². The molecule has 0 aromatic rings. The molecule has 3 aliphatic rings. The summed E-state index contributed by atoms with van der Waals surface area (Å²) in [4.78, 5) is 17.3. The van der Waals surface area contributed by atoms with E-state index in [1.165, 1.54) is 25.8 Å². The Hall–Kier alpha value is -0.360. The summed E-state index contributed by atoms with van der Waals surface area (Å²) in [7, 11) is 0. The van der Waals surface area contributed by atoms with E-state index in [0.717, 1.165) is 58.0 Å². The third kappa shape index (κ3) is 6.09. The number of piperidine rings is 2. The van der Waals surface area contributed by atoms with Crippen LogP contribution in [0.25, 0.3) is 0 Å². The van der Waals surface area contributed by atoms with Gasteiger partial charge in [-0.2, -0.15) is 0 Å². The van der Waals surface area contributed by atoms with Gasteiger partial charge in [0.25, 0.3) is 0 Å². The number of rotatable bonds is 4. The summed E-state index contributed by atoms with van der Waals surface area (Å²) in [5.41, 5.74) is 0. The largest absolute Gasteiger partial charge is 0.373 e. The highest BCUT2D eigenvalue weighted by molar-refractivity contribution is 5.85. The van der Waals surface area contributed by atoms with Crippen molar-refractivity contribution in [2.45, 2.75) is 58.2 Å². The van der Waals surface area contributed by atoms with Crippen LogP contribution in [0.4, 0.5) is 0 Å². The standard InChI is InChI=1S/C19H35N3O2.ClH/c1-15-13-21(14-16(2)24-15)10-5-17-6-11-22(12-7-17)19(23)18-3-8-20-9-4-18;/h15-18,20H,3-14H2,1-2H3;1H. The fraction of sp³-hybridized carbons (Fsp3) is 0.947. The van der Waals surface area contributed by atoms with Crippen molar-refractivity contribution in [3.63, 3.8) is 0 Å². The molecule has 2 atom stereocenters. The molecule has 1 N–H and O–H groups in total. The molecule has 6 heteroatoms. The smallest absolute Gasteiger partial charge is 0.225 e. The lowest BCUT2D eigenvalue weighted by molar-refractivity contribution is -0.137. The Balaban J connectivity index is 0.00000225. The quantitative estimate of drug-likeness (QED) is 0.820. The number of morpholine rings is 1. The van der Waals surface area contributed by atoms with Gasteiger partial charge in [-0.25, -0.2) is 0 Å². The van der Waals surface area contributed by atoms with Gasteiger partial charge in [0, 0.05) is 32.1 Å². The maximum Gasteiger partial charge on any atom is 0.225 e. The molecule has 2 unspecified atom stereocenters. The highest BCUT2D eigenvalue weighted by Gasteiger charge is 2.29. The summed E-state index contributed by atoms with van der Waals surface area (Å²) < 4.78 is 5.82. The van der Waals surface area contributed by atoms with Crippen LogP contribution in [0.3, 0.4) is 0 Å². The number of carbonyl (C=O) groups is 1. The van der Waals surface area contributed by atoms with Crippen LogP contribution < -0.4 is 5.32 Å². The zero-order valence-electron chi connectivity index (χ0n) is 15.9. The Kier molecular flexibility index (Phi) is 8.46. The number of amides is 1. The molecule has 0 radical (unpaired) electrons. The maximum atomic E-state index is 12.6. The first kappa shape index (κ1) is 20.9. The molecular formula is C19H36ClN3O2. The number of carbonyl (C=O) groups excluding carboxylic acids is 1. The van der Waals surface area contributed by atoms with Crippen molar-refractivity contribution in [3.05, 3.63) is 0 Å². The van der Waals surface area contributed by atoms with E-state index < -0.39 is 0 Å². The van der Waals surface area contributed by atoms with E-state index in [0.29, 0.717) is 18.1 Å². The first-order valence-electron chi connectivity index (χ1n) is 9.99. The van der Waals surface area contributed by atoms with Gasteiger partial charge in [0.1, 0.15) is 0 Å². The number of likely N-dealkylation sites (tertiary alicyclic amines) is 1. The molecule has 5 nitrogen and oxygen atoms in total. The Bertz CT molecular complexity index is 399. The summed E-state index contributed by atoms with van der Waals surface area (Å²) >= 11 is 0. The average Bonchev–Trinajstić information content (AvgIpc) is 2.60. The van der Waals surface area contributed by atoms with Gasteiger partial charge in [-0.1, -0.05) is 0 Å². The first-order chi connectivity index (χ1) is 11.6. The second kappa shape index (κ2) is 10.1. The summed E-state index contributed by atoms with van der Waals surface area (Å²) in [5.74, 6) is 1.49. The number of hydrogen-bond acceptors (Lipinski definition) is 4. The molecule has 146 valence electrons. The number of nitrogens with one attached hydrogen (secondary N) is 1. The molecular weight excluding hydrogens is 338 g/mol. The van der Waals surface area contributed by atoms with Gasteiger partial charge in [-0.15, -0.1) is 12.4 Å². The Morgan fingerprint density at radius 2 is 1.64 bits per heavy atom. The molecule has 0 spiro atoms. The van der Waals surface area contributed by atoms with Crippen LogP contribution in [0.5, 0.6) is 0 Å². The van der Waals surface area contributed by atoms with Crippen molar-refractivity contribution < 1.29 is 9.53 Å². The third-order valence-corrected chi connectivity index (χ3v) is 5.96. The molecule has 0 bridgehead atoms. The second-order valence-corrected chi connectivity index (χ2v) is 8.10. The van der Waals surface area contributed by atoms with Crippen LogP contribution in [0, 0.1) is 11.8 Å². The predicted molar refractivity (Wildman–Crippen MR) is 103 cm³/mol. The van der Waals surface area contributed by atoms with E-state index in [2.05, 4.69) is 29.0 Å². The van der Waals surface area contributed by atoms with E-state index in [9.17, 15) is 4.79 Å². The van der Waals surface area contributed by atoms with Crippen LogP contribution in [0.15, 0.2) is 0 Å². The summed E-state index contributed by atoms with van der Waals surface area (Å²) in [6, 6.07) is 0. The molecule has 0 aliphatic carbocycles. The summed E-state index contributed by atoms with van der Waals surface area (Å²) in [6.45, 7) is 11.6. The average molecular weight is 374 g/mol. The maximum absolute atomic E-state index is 12.6. The van der Waals surface area contributed by atoms with E-state index in [1.54, 1.807) is 0 Å². The van der Waals surface area contributed by atoms with Crippen LogP contribution >= 0.6 is 12.4 Å². The van der Waals surface area contributed by atoms with Crippen molar-refractivity contribution >= 4 is 18.3 Å². The normalized spacial score (nSPS) is 30.1. The molecule has 3 rings (SSSR count). The highest BCUT2D eigenvalue weighted by Crippen LogP contribution is 2.24. The molecule has 25 heavy (non-hydrogen) atoms. The molecule has 3 fully saturated rings. The SMILES string of the molecule is CC1CN(CCC2CCN(C(=O)C3CCNCC3)CC2)CC(C)O1.Cl. The lowest BCUT2D eigenvalue weighted by Crippen LogP contribution is -2.47. The lowest BCUT2D eigenvalue weighted by atomic mass is 9.90. The Morgan fingerprint density at radius 3 is 2.24 bits per heavy atom. The van der Waals surface area contributed by atoms with Crippen molar-refractivity contribution in [1.29, 1.82) is 0 Å². The predicted octanol–water partition coefficient (Wildman–Crippen LogP) is 2.15. The first-order valence-corrected chi connectivity index (χ1v) is 9.99. The number of hydrogen-bond donors (Lipinski definition) is 1. The summed E-state index contributed by atoms with van der Waals surface area (Å²) in [5, 5.41) is 3.35. The molecule has 0 saturated carbocycles. The van der Waals surface area contributed by atoms with Crippen molar-refractivity contribution in [1.82, 2.24) is 15.1 Å². The van der Waals surface area contributed by atoms with Crippen molar-refractivity contribution in [2.75, 3.05) is 45.8 Å². The van der Waals surface area contributed by atoms with Crippen LogP contribution in [0.2, 0.25) is 0 Å². The third-order valence-electron chi connectivity index (χ3n) is 5.96. The van der Waals surface area contributed by atoms with E-state index >= 15 is 0 Å². The molecule has 0 aromatic carbocycles. The van der Waals surface area contributed by atoms with Gasteiger partial charge in [0.2, 0.25) is 5.91 Å². The van der Waals surface area contributed by atoms with Gasteiger partial charge in [-0.05, 0) is 71.5 Å². The van der Waals surface area contributed by atoms with E-state index in [4.69, 9.17) is 4.74 Å². The minimum atomic E-state index is 0. The van der Waals surface area contributed by atoms with E-state index in [1.807, 2.05) is 0 Å². The number of halogens is 1. The molecule has 3 heterocycles. The van der Waals surface area contributed by atoms with Crippen molar-refractivity contribution in [3.8, 4) is 0 Å². The van der Waals surface area contributed by atoms with Crippen LogP contribution in [-0.2, 0) is 9.53 Å². The second-order valence-electron chi connectivity index (χ2n) is 8.10. The minimum Gasteiger partial charge on any atom is -0.373 e. The van der Waals surface area contributed by atoms with Gasteiger partial charge < -0.3 is 15.0 Å². The fourth-order valence-electron chi connectivity index (χ4n) is 4.60. The zero-order valence-corrected chi connectivity index (χ0v) is 16.7. The summed E-state index contributed by atoms with van der Waals surface area (Å²) in [6.07, 6.45) is 6.40. The monoisotopic (exact) mass is 373 g/mol. The Labute approximate surface area is 159 Å². The van der Waals surface area contributed by atoms with Gasteiger partial charge in [-0.3, -0.25) is 9.69 Å². The van der Waals surface area contributed by atoms with Crippen molar-refractivity contribution in [2.24, 2.45) is 11.8 Å². The van der Waals surface area contributed by atoms with Gasteiger partial charge in [0.05, 0.1) is 12.2 Å². The number of nitrogens with zero attached hydrogens (tertiary/aromatic N) is 2.